The van der Waals surface area contributed by atoms with E-state index in [1.165, 1.54) is 51.4 Å². The number of carbonyl (C=O) groups excluding carboxylic acids is 1. The van der Waals surface area contributed by atoms with E-state index < -0.39 is 0 Å². The Morgan fingerprint density at radius 3 is 2.31 bits per heavy atom. The van der Waals surface area contributed by atoms with Crippen LogP contribution >= 0.6 is 11.8 Å². The average Bonchev–Trinajstić information content (AvgIpc) is 2.38. The number of piperidine rings is 1. The van der Waals surface area contributed by atoms with Crippen molar-refractivity contribution in [2.75, 3.05) is 18.8 Å². The van der Waals surface area contributed by atoms with Gasteiger partial charge in [0, 0.05) is 18.3 Å². The SMILES string of the molecule is O=C(CSC1CCCCC1)N1CCCCC1. The fraction of sp³-hybridized carbons (Fsp3) is 0.923. The van der Waals surface area contributed by atoms with Gasteiger partial charge in [-0.15, -0.1) is 11.8 Å². The Bertz CT molecular complexity index is 220. The number of carbonyl (C=O) groups is 1. The highest BCUT2D eigenvalue weighted by Gasteiger charge is 2.19. The third kappa shape index (κ3) is 3.69. The summed E-state index contributed by atoms with van der Waals surface area (Å²) >= 11 is 1.91. The number of amides is 1. The van der Waals surface area contributed by atoms with Gasteiger partial charge in [0.2, 0.25) is 5.91 Å². The van der Waals surface area contributed by atoms with Gasteiger partial charge in [-0.3, -0.25) is 4.79 Å². The molecule has 1 aliphatic carbocycles. The maximum absolute atomic E-state index is 11.9. The lowest BCUT2D eigenvalue weighted by Gasteiger charge is -2.28. The van der Waals surface area contributed by atoms with Crippen LogP contribution in [0.1, 0.15) is 51.4 Å². The standard InChI is InChI=1S/C13H23NOS/c15-13(14-9-5-2-6-10-14)11-16-12-7-3-1-4-8-12/h12H,1-11H2. The molecule has 92 valence electrons. The zero-order valence-corrected chi connectivity index (χ0v) is 10.9. The summed E-state index contributed by atoms with van der Waals surface area (Å²) in [5.41, 5.74) is 0. The zero-order valence-electron chi connectivity index (χ0n) is 10.1. The molecule has 0 unspecified atom stereocenters. The third-order valence-electron chi connectivity index (χ3n) is 3.70. The molecular formula is C13H23NOS. The van der Waals surface area contributed by atoms with Gasteiger partial charge in [-0.2, -0.15) is 0 Å². The fourth-order valence-electron chi connectivity index (χ4n) is 2.66. The first-order chi connectivity index (χ1) is 7.86. The van der Waals surface area contributed by atoms with Crippen LogP contribution in [-0.2, 0) is 4.79 Å². The Kier molecular flexibility index (Phi) is 5.01. The lowest BCUT2D eigenvalue weighted by Crippen LogP contribution is -2.37. The van der Waals surface area contributed by atoms with Gasteiger partial charge in [0.05, 0.1) is 5.75 Å². The summed E-state index contributed by atoms with van der Waals surface area (Å²) in [5, 5.41) is 0.766. The minimum atomic E-state index is 0.385. The zero-order chi connectivity index (χ0) is 11.2. The molecule has 0 aromatic heterocycles. The minimum absolute atomic E-state index is 0.385. The highest BCUT2D eigenvalue weighted by molar-refractivity contribution is 8.00. The molecule has 0 spiro atoms. The minimum Gasteiger partial charge on any atom is -0.342 e. The van der Waals surface area contributed by atoms with E-state index in [1.807, 2.05) is 11.8 Å². The van der Waals surface area contributed by atoms with E-state index in [-0.39, 0.29) is 0 Å². The van der Waals surface area contributed by atoms with E-state index in [4.69, 9.17) is 0 Å². The molecule has 1 heterocycles. The van der Waals surface area contributed by atoms with Gasteiger partial charge in [0.1, 0.15) is 0 Å². The van der Waals surface area contributed by atoms with E-state index in [0.717, 1.165) is 24.1 Å². The monoisotopic (exact) mass is 241 g/mol. The van der Waals surface area contributed by atoms with Crippen LogP contribution in [0.4, 0.5) is 0 Å². The maximum atomic E-state index is 11.9. The molecule has 0 atom stereocenters. The van der Waals surface area contributed by atoms with Crippen LogP contribution in [0.25, 0.3) is 0 Å². The largest absolute Gasteiger partial charge is 0.342 e. The van der Waals surface area contributed by atoms with Crippen molar-refractivity contribution < 1.29 is 4.79 Å². The molecule has 0 radical (unpaired) electrons. The van der Waals surface area contributed by atoms with Gasteiger partial charge in [-0.25, -0.2) is 0 Å². The molecule has 0 N–H and O–H groups in total. The topological polar surface area (TPSA) is 20.3 Å². The van der Waals surface area contributed by atoms with Crippen LogP contribution in [-0.4, -0.2) is 34.9 Å². The molecule has 1 amide bonds. The van der Waals surface area contributed by atoms with E-state index in [0.29, 0.717) is 5.91 Å². The van der Waals surface area contributed by atoms with E-state index in [1.54, 1.807) is 0 Å². The Morgan fingerprint density at radius 2 is 1.62 bits per heavy atom. The molecule has 1 saturated carbocycles. The summed E-state index contributed by atoms with van der Waals surface area (Å²) in [7, 11) is 0. The van der Waals surface area contributed by atoms with Gasteiger partial charge in [0.25, 0.3) is 0 Å². The van der Waals surface area contributed by atoms with Crippen molar-refractivity contribution in [1.82, 2.24) is 4.90 Å². The second-order valence-electron chi connectivity index (χ2n) is 5.01. The lowest BCUT2D eigenvalue weighted by molar-refractivity contribution is -0.129. The predicted octanol–water partition coefficient (Wildman–Crippen LogP) is 3.06. The summed E-state index contributed by atoms with van der Waals surface area (Å²) in [6.07, 6.45) is 10.5. The van der Waals surface area contributed by atoms with Crippen LogP contribution < -0.4 is 0 Å². The van der Waals surface area contributed by atoms with Crippen LogP contribution in [0.3, 0.4) is 0 Å². The fourth-order valence-corrected chi connectivity index (χ4v) is 3.88. The van der Waals surface area contributed by atoms with Crippen LogP contribution in [0.5, 0.6) is 0 Å². The van der Waals surface area contributed by atoms with Gasteiger partial charge in [-0.1, -0.05) is 19.3 Å². The maximum Gasteiger partial charge on any atom is 0.232 e. The molecule has 2 fully saturated rings. The predicted molar refractivity (Wildman–Crippen MR) is 69.8 cm³/mol. The number of thioether (sulfide) groups is 1. The average molecular weight is 241 g/mol. The van der Waals surface area contributed by atoms with Crippen LogP contribution in [0.15, 0.2) is 0 Å². The molecular weight excluding hydrogens is 218 g/mol. The van der Waals surface area contributed by atoms with Gasteiger partial charge >= 0.3 is 0 Å². The molecule has 2 nitrogen and oxygen atoms in total. The van der Waals surface area contributed by atoms with Crippen molar-refractivity contribution in [1.29, 1.82) is 0 Å². The molecule has 0 aromatic carbocycles. The van der Waals surface area contributed by atoms with E-state index in [2.05, 4.69) is 4.90 Å². The van der Waals surface area contributed by atoms with Crippen molar-refractivity contribution >= 4 is 17.7 Å². The summed E-state index contributed by atoms with van der Waals surface area (Å²) in [6.45, 7) is 2.01. The number of nitrogens with zero attached hydrogens (tertiary/aromatic N) is 1. The third-order valence-corrected chi connectivity index (χ3v) is 5.06. The Labute approximate surface area is 103 Å². The first kappa shape index (κ1) is 12.3. The van der Waals surface area contributed by atoms with Crippen molar-refractivity contribution in [2.45, 2.75) is 56.6 Å². The number of hydrogen-bond donors (Lipinski definition) is 0. The molecule has 1 saturated heterocycles. The van der Waals surface area contributed by atoms with Crippen molar-refractivity contribution in [2.24, 2.45) is 0 Å². The first-order valence-electron chi connectivity index (χ1n) is 6.75. The van der Waals surface area contributed by atoms with Crippen molar-refractivity contribution in [3.63, 3.8) is 0 Å². The van der Waals surface area contributed by atoms with Gasteiger partial charge < -0.3 is 4.90 Å². The molecule has 1 aliphatic heterocycles. The van der Waals surface area contributed by atoms with Gasteiger partial charge in [0.15, 0.2) is 0 Å². The second kappa shape index (κ2) is 6.53. The smallest absolute Gasteiger partial charge is 0.232 e. The summed E-state index contributed by atoms with van der Waals surface area (Å²) in [4.78, 5) is 14.0. The van der Waals surface area contributed by atoms with Crippen LogP contribution in [0, 0.1) is 0 Å². The van der Waals surface area contributed by atoms with Crippen LogP contribution in [0.2, 0.25) is 0 Å². The highest BCUT2D eigenvalue weighted by Crippen LogP contribution is 2.28. The number of hydrogen-bond acceptors (Lipinski definition) is 2. The molecule has 3 heteroatoms. The summed E-state index contributed by atoms with van der Waals surface area (Å²) < 4.78 is 0. The number of likely N-dealkylation sites (tertiary alicyclic amines) is 1. The normalized spacial score (nSPS) is 23.4. The highest BCUT2D eigenvalue weighted by atomic mass is 32.2. The summed E-state index contributed by atoms with van der Waals surface area (Å²) in [6, 6.07) is 0. The van der Waals surface area contributed by atoms with Crippen molar-refractivity contribution in [3.8, 4) is 0 Å². The molecule has 16 heavy (non-hydrogen) atoms. The second-order valence-corrected chi connectivity index (χ2v) is 6.30. The summed E-state index contributed by atoms with van der Waals surface area (Å²) in [5.74, 6) is 1.11. The Balaban J connectivity index is 1.65. The lowest BCUT2D eigenvalue weighted by atomic mass is 10.0. The molecule has 2 rings (SSSR count). The number of rotatable bonds is 3. The van der Waals surface area contributed by atoms with Gasteiger partial charge in [-0.05, 0) is 32.1 Å². The van der Waals surface area contributed by atoms with E-state index in [9.17, 15) is 4.79 Å². The Hall–Kier alpha value is -0.180. The Morgan fingerprint density at radius 1 is 1.00 bits per heavy atom. The van der Waals surface area contributed by atoms with Crippen molar-refractivity contribution in [3.05, 3.63) is 0 Å². The first-order valence-corrected chi connectivity index (χ1v) is 7.80. The quantitative estimate of drug-likeness (QED) is 0.757. The van der Waals surface area contributed by atoms with E-state index >= 15 is 0 Å². The molecule has 2 aliphatic rings. The molecule has 0 aromatic rings. The molecule has 0 bridgehead atoms.